The van der Waals surface area contributed by atoms with E-state index in [1.54, 1.807) is 47.8 Å². The predicted molar refractivity (Wildman–Crippen MR) is 131 cm³/mol. The van der Waals surface area contributed by atoms with Crippen LogP contribution in [0.4, 0.5) is 21.2 Å². The number of urea groups is 2. The normalized spacial score (nSPS) is 13.2. The van der Waals surface area contributed by atoms with Gasteiger partial charge in [-0.1, -0.05) is 19.9 Å². The summed E-state index contributed by atoms with van der Waals surface area (Å²) in [5, 5.41) is 11.9. The Morgan fingerprint density at radius 2 is 1.80 bits per heavy atom. The van der Waals surface area contributed by atoms with Crippen LogP contribution in [0.3, 0.4) is 0 Å². The highest BCUT2D eigenvalue weighted by Crippen LogP contribution is 2.17. The first-order valence-corrected chi connectivity index (χ1v) is 11.5. The number of anilines is 2. The van der Waals surface area contributed by atoms with Crippen LogP contribution in [-0.4, -0.2) is 82.4 Å². The van der Waals surface area contributed by atoms with Crippen molar-refractivity contribution in [2.24, 2.45) is 5.92 Å². The fraction of sp³-hybridized carbons (Fsp3) is 0.417. The maximum absolute atomic E-state index is 13.2. The molecule has 11 nitrogen and oxygen atoms in total. The second-order valence-corrected chi connectivity index (χ2v) is 8.61. The monoisotopic (exact) mass is 478 g/mol. The molecule has 0 bridgehead atoms. The number of piperazine rings is 1. The number of aromatic nitrogens is 2. The largest absolute Gasteiger partial charge is 0.339 e. The van der Waals surface area contributed by atoms with Gasteiger partial charge >= 0.3 is 12.1 Å². The van der Waals surface area contributed by atoms with Crippen molar-refractivity contribution in [2.45, 2.75) is 20.3 Å². The number of benzene rings is 1. The van der Waals surface area contributed by atoms with Crippen molar-refractivity contribution in [2.75, 3.05) is 50.0 Å². The molecule has 2 heterocycles. The number of imide groups is 1. The van der Waals surface area contributed by atoms with Gasteiger partial charge in [0, 0.05) is 63.4 Å². The van der Waals surface area contributed by atoms with E-state index in [9.17, 15) is 14.4 Å². The minimum Gasteiger partial charge on any atom is -0.337 e. The Bertz CT molecular complexity index is 1080. The summed E-state index contributed by atoms with van der Waals surface area (Å²) in [4.78, 5) is 52.7. The number of nitrogens with zero attached hydrogens (tertiary/aromatic N) is 7. The van der Waals surface area contributed by atoms with Crippen molar-refractivity contribution in [1.82, 2.24) is 24.7 Å². The molecule has 1 aliphatic heterocycles. The quantitative estimate of drug-likeness (QED) is 0.500. The van der Waals surface area contributed by atoms with Gasteiger partial charge in [-0.05, 0) is 36.6 Å². The molecule has 1 aliphatic rings. The molecule has 0 atom stereocenters. The van der Waals surface area contributed by atoms with Gasteiger partial charge in [-0.15, -0.1) is 0 Å². The molecule has 1 aromatic carbocycles. The molecule has 0 saturated carbocycles. The van der Waals surface area contributed by atoms with E-state index < -0.39 is 11.9 Å². The number of carbonyl (C=O) groups is 3. The lowest BCUT2D eigenvalue weighted by atomic mass is 10.1. The van der Waals surface area contributed by atoms with Gasteiger partial charge in [0.25, 0.3) is 5.91 Å². The molecule has 1 N–H and O–H groups in total. The molecule has 1 saturated heterocycles. The third kappa shape index (κ3) is 6.66. The third-order valence-corrected chi connectivity index (χ3v) is 5.61. The minimum absolute atomic E-state index is 0.188. The van der Waals surface area contributed by atoms with Crippen molar-refractivity contribution in [3.05, 3.63) is 48.3 Å². The van der Waals surface area contributed by atoms with Crippen molar-refractivity contribution in [3.63, 3.8) is 0 Å². The van der Waals surface area contributed by atoms with Crippen molar-refractivity contribution in [3.8, 4) is 6.19 Å². The number of amides is 5. The van der Waals surface area contributed by atoms with E-state index in [2.05, 4.69) is 15.3 Å². The Morgan fingerprint density at radius 1 is 1.11 bits per heavy atom. The van der Waals surface area contributed by atoms with E-state index in [1.165, 1.54) is 13.1 Å². The van der Waals surface area contributed by atoms with Gasteiger partial charge in [0.05, 0.1) is 0 Å². The van der Waals surface area contributed by atoms with E-state index in [4.69, 9.17) is 5.26 Å². The van der Waals surface area contributed by atoms with Crippen LogP contribution in [0, 0.1) is 17.4 Å². The Kier molecular flexibility index (Phi) is 8.56. The molecular weight excluding hydrogens is 448 g/mol. The summed E-state index contributed by atoms with van der Waals surface area (Å²) in [7, 11) is 1.32. The van der Waals surface area contributed by atoms with Gasteiger partial charge < -0.3 is 15.1 Å². The Balaban J connectivity index is 1.65. The molecular formula is C24H30N8O3. The van der Waals surface area contributed by atoms with E-state index in [0.717, 1.165) is 9.80 Å². The fourth-order valence-electron chi connectivity index (χ4n) is 3.55. The molecule has 35 heavy (non-hydrogen) atoms. The van der Waals surface area contributed by atoms with E-state index in [1.807, 2.05) is 18.7 Å². The summed E-state index contributed by atoms with van der Waals surface area (Å²) < 4.78 is 0. The molecule has 1 aromatic heterocycles. The highest BCUT2D eigenvalue weighted by Gasteiger charge is 2.27. The average Bonchev–Trinajstić information content (AvgIpc) is 2.88. The second-order valence-electron chi connectivity index (χ2n) is 8.61. The zero-order valence-electron chi connectivity index (χ0n) is 20.2. The van der Waals surface area contributed by atoms with Crippen LogP contribution >= 0.6 is 0 Å². The lowest BCUT2D eigenvalue weighted by molar-refractivity contribution is 0.0776. The maximum Gasteiger partial charge on any atom is 0.339 e. The lowest BCUT2D eigenvalue weighted by Crippen LogP contribution is -2.50. The van der Waals surface area contributed by atoms with Gasteiger partial charge in [0.15, 0.2) is 6.19 Å². The summed E-state index contributed by atoms with van der Waals surface area (Å²) >= 11 is 0. The smallest absolute Gasteiger partial charge is 0.337 e. The molecule has 2 aromatic rings. The Labute approximate surface area is 204 Å². The van der Waals surface area contributed by atoms with Crippen LogP contribution in [0.25, 0.3) is 0 Å². The third-order valence-electron chi connectivity index (χ3n) is 5.61. The average molecular weight is 479 g/mol. The molecule has 0 unspecified atom stereocenters. The maximum atomic E-state index is 13.2. The summed E-state index contributed by atoms with van der Waals surface area (Å²) in [6.45, 7) is 6.38. The molecule has 0 radical (unpaired) electrons. The number of carbonyl (C=O) groups excluding carboxylic acids is 3. The second kappa shape index (κ2) is 11.8. The van der Waals surface area contributed by atoms with Crippen LogP contribution in [-0.2, 0) is 0 Å². The standard InChI is InChI=1S/C24H30N8O3/c1-18(2)8-11-32(24(35)29(3)17-25)21(33)19-6-4-7-20(16-19)28-23(34)31-14-12-30(13-15-31)22-26-9-5-10-27-22/h4-7,9-10,16,18H,8,11-15H2,1-3H3,(H,28,34). The van der Waals surface area contributed by atoms with Crippen LogP contribution in [0.1, 0.15) is 30.6 Å². The Hall–Kier alpha value is -4.20. The zero-order valence-corrected chi connectivity index (χ0v) is 20.2. The summed E-state index contributed by atoms with van der Waals surface area (Å²) in [5.74, 6) is 0.382. The number of nitrogens with one attached hydrogen (secondary N) is 1. The molecule has 0 spiro atoms. The van der Waals surface area contributed by atoms with Crippen LogP contribution in [0.2, 0.25) is 0 Å². The first-order chi connectivity index (χ1) is 16.8. The number of hydrogen-bond donors (Lipinski definition) is 1. The van der Waals surface area contributed by atoms with Crippen LogP contribution in [0.5, 0.6) is 0 Å². The molecule has 184 valence electrons. The van der Waals surface area contributed by atoms with Gasteiger partial charge in [-0.25, -0.2) is 24.5 Å². The first kappa shape index (κ1) is 25.4. The summed E-state index contributed by atoms with van der Waals surface area (Å²) in [6, 6.07) is 7.24. The van der Waals surface area contributed by atoms with E-state index >= 15 is 0 Å². The zero-order chi connectivity index (χ0) is 25.4. The molecule has 11 heteroatoms. The lowest BCUT2D eigenvalue weighted by Gasteiger charge is -2.34. The first-order valence-electron chi connectivity index (χ1n) is 11.5. The van der Waals surface area contributed by atoms with Gasteiger partial charge in [-0.2, -0.15) is 5.26 Å². The molecule has 3 rings (SSSR count). The van der Waals surface area contributed by atoms with Crippen molar-refractivity contribution in [1.29, 1.82) is 5.26 Å². The summed E-state index contributed by atoms with van der Waals surface area (Å²) in [5.41, 5.74) is 0.692. The number of nitriles is 1. The van der Waals surface area contributed by atoms with Crippen LogP contribution in [0.15, 0.2) is 42.7 Å². The molecule has 1 fully saturated rings. The van der Waals surface area contributed by atoms with E-state index in [0.29, 0.717) is 44.2 Å². The highest BCUT2D eigenvalue weighted by atomic mass is 16.2. The Morgan fingerprint density at radius 3 is 2.43 bits per heavy atom. The van der Waals surface area contributed by atoms with E-state index in [-0.39, 0.29) is 24.1 Å². The van der Waals surface area contributed by atoms with Crippen molar-refractivity contribution < 1.29 is 14.4 Å². The molecule has 5 amide bonds. The van der Waals surface area contributed by atoms with Gasteiger partial charge in [-0.3, -0.25) is 9.69 Å². The van der Waals surface area contributed by atoms with Gasteiger partial charge in [0.2, 0.25) is 5.95 Å². The van der Waals surface area contributed by atoms with Crippen molar-refractivity contribution >= 4 is 29.6 Å². The number of hydrogen-bond acceptors (Lipinski definition) is 7. The predicted octanol–water partition coefficient (Wildman–Crippen LogP) is 2.85. The summed E-state index contributed by atoms with van der Waals surface area (Å²) in [6.07, 6.45) is 5.72. The fourth-order valence-corrected chi connectivity index (χ4v) is 3.55. The van der Waals surface area contributed by atoms with Crippen LogP contribution < -0.4 is 10.2 Å². The minimum atomic E-state index is -0.687. The topological polar surface area (TPSA) is 126 Å². The SMILES string of the molecule is CC(C)CCN(C(=O)c1cccc(NC(=O)N2CCN(c3ncccn3)CC2)c1)C(=O)N(C)C#N. The van der Waals surface area contributed by atoms with Gasteiger partial charge in [0.1, 0.15) is 0 Å². The highest BCUT2D eigenvalue weighted by molar-refractivity contribution is 6.05. The number of rotatable bonds is 6. The molecule has 0 aliphatic carbocycles.